The molecule has 2 bridgehead atoms. The number of benzene rings is 1. The molecule has 5 nitrogen and oxygen atoms in total. The van der Waals surface area contributed by atoms with Crippen LogP contribution in [0.3, 0.4) is 0 Å². The van der Waals surface area contributed by atoms with Gasteiger partial charge in [-0.1, -0.05) is 24.3 Å². The number of carbonyl (C=O) groups is 3. The zero-order valence-electron chi connectivity index (χ0n) is 15.6. The van der Waals surface area contributed by atoms with Gasteiger partial charge in [-0.25, -0.2) is 0 Å². The average molecular weight is 404 g/mol. The number of rotatable bonds is 3. The summed E-state index contributed by atoms with van der Waals surface area (Å²) in [6.07, 6.45) is -0.135. The molecule has 1 aliphatic heterocycles. The zero-order valence-corrected chi connectivity index (χ0v) is 15.6. The van der Waals surface area contributed by atoms with Gasteiger partial charge in [0.25, 0.3) is 0 Å². The summed E-state index contributed by atoms with van der Waals surface area (Å²) in [5.74, 6) is -3.30. The minimum absolute atomic E-state index is 0.00624. The van der Waals surface area contributed by atoms with E-state index in [1.54, 1.807) is 13.0 Å². The number of allylic oxidation sites excluding steroid dienone is 2. The van der Waals surface area contributed by atoms with Crippen molar-refractivity contribution in [3.63, 3.8) is 0 Å². The number of nitrogens with zero attached hydrogens (tertiary/aromatic N) is 2. The van der Waals surface area contributed by atoms with E-state index in [1.165, 1.54) is 18.2 Å². The maximum atomic E-state index is 13.3. The van der Waals surface area contributed by atoms with Crippen LogP contribution < -0.4 is 4.90 Å². The van der Waals surface area contributed by atoms with E-state index >= 15 is 0 Å². The maximum Gasteiger partial charge on any atom is 0.471 e. The first-order valence-electron chi connectivity index (χ1n) is 9.67. The van der Waals surface area contributed by atoms with Gasteiger partial charge in [0.15, 0.2) is 0 Å². The lowest BCUT2D eigenvalue weighted by atomic mass is 9.63. The van der Waals surface area contributed by atoms with Crippen LogP contribution in [0.5, 0.6) is 0 Å². The van der Waals surface area contributed by atoms with Crippen molar-refractivity contribution in [3.05, 3.63) is 42.0 Å². The highest BCUT2D eigenvalue weighted by molar-refractivity contribution is 6.07. The third kappa shape index (κ3) is 2.64. The van der Waals surface area contributed by atoms with Gasteiger partial charge in [-0.15, -0.1) is 0 Å². The Morgan fingerprint density at radius 2 is 1.69 bits per heavy atom. The quantitative estimate of drug-likeness (QED) is 0.575. The number of hydrogen-bond donors (Lipinski definition) is 0. The van der Waals surface area contributed by atoms with Gasteiger partial charge in [0.05, 0.1) is 11.8 Å². The number of amides is 3. The fourth-order valence-corrected chi connectivity index (χ4v) is 5.51. The summed E-state index contributed by atoms with van der Waals surface area (Å²) in [7, 11) is 0. The van der Waals surface area contributed by atoms with Gasteiger partial charge in [0, 0.05) is 5.69 Å². The standard InChI is InChI=1S/C21H19F3N2O3/c1-10-3-2-4-11(7-10)25(20(29)21(22,23)24)9-26-18(27)16-12-5-6-13(15-8-14(12)15)17(16)19(26)28/h2-7,12-17H,8-9H2,1H3/t12-,13+,14-,15-,16+,17+/m1/s1. The molecule has 0 N–H and O–H groups in total. The fourth-order valence-electron chi connectivity index (χ4n) is 5.51. The lowest BCUT2D eigenvalue weighted by Gasteiger charge is -2.37. The van der Waals surface area contributed by atoms with Crippen LogP contribution in [0.25, 0.3) is 0 Å². The molecule has 6 rings (SSSR count). The summed E-state index contributed by atoms with van der Waals surface area (Å²) in [6.45, 7) is 0.970. The molecule has 6 atom stereocenters. The predicted octanol–water partition coefficient (Wildman–Crippen LogP) is 2.90. The van der Waals surface area contributed by atoms with E-state index < -0.39 is 42.4 Å². The third-order valence-corrected chi connectivity index (χ3v) is 6.84. The summed E-state index contributed by atoms with van der Waals surface area (Å²) in [5, 5.41) is 0. The molecule has 5 aliphatic rings. The minimum Gasteiger partial charge on any atom is -0.286 e. The van der Waals surface area contributed by atoms with E-state index in [2.05, 4.69) is 0 Å². The highest BCUT2D eigenvalue weighted by Crippen LogP contribution is 2.65. The van der Waals surface area contributed by atoms with Crippen LogP contribution in [0.4, 0.5) is 18.9 Å². The Hall–Kier alpha value is -2.64. The van der Waals surface area contributed by atoms with Gasteiger partial charge in [-0.05, 0) is 54.7 Å². The lowest BCUT2D eigenvalue weighted by molar-refractivity contribution is -0.171. The number of alkyl halides is 3. The third-order valence-electron chi connectivity index (χ3n) is 6.84. The van der Waals surface area contributed by atoms with Crippen molar-refractivity contribution in [1.82, 2.24) is 4.90 Å². The summed E-state index contributed by atoms with van der Waals surface area (Å²) >= 11 is 0. The number of anilines is 1. The molecule has 4 aliphatic carbocycles. The molecule has 3 fully saturated rings. The van der Waals surface area contributed by atoms with Crippen molar-refractivity contribution in [2.24, 2.45) is 35.5 Å². The van der Waals surface area contributed by atoms with E-state index in [-0.39, 0.29) is 17.5 Å². The van der Waals surface area contributed by atoms with Gasteiger partial charge in [0.1, 0.15) is 6.67 Å². The van der Waals surface area contributed by atoms with Crippen LogP contribution in [-0.2, 0) is 14.4 Å². The van der Waals surface area contributed by atoms with Gasteiger partial charge >= 0.3 is 12.1 Å². The summed E-state index contributed by atoms with van der Waals surface area (Å²) in [4.78, 5) is 39.6. The van der Waals surface area contributed by atoms with Crippen LogP contribution in [0, 0.1) is 42.4 Å². The lowest BCUT2D eigenvalue weighted by Crippen LogP contribution is -2.49. The molecule has 0 spiro atoms. The Morgan fingerprint density at radius 3 is 2.21 bits per heavy atom. The molecular weight excluding hydrogens is 385 g/mol. The number of hydrogen-bond acceptors (Lipinski definition) is 3. The highest BCUT2D eigenvalue weighted by atomic mass is 19.4. The number of carbonyl (C=O) groups excluding carboxylic acids is 3. The summed E-state index contributed by atoms with van der Waals surface area (Å²) in [5.41, 5.74) is 0.671. The second-order valence-electron chi connectivity index (χ2n) is 8.47. The first-order valence-corrected chi connectivity index (χ1v) is 9.67. The molecule has 2 saturated carbocycles. The Bertz CT molecular complexity index is 921. The van der Waals surface area contributed by atoms with Gasteiger partial charge < -0.3 is 0 Å². The maximum absolute atomic E-state index is 13.3. The minimum atomic E-state index is -5.12. The number of aryl methyl sites for hydroxylation is 1. The molecule has 0 radical (unpaired) electrons. The normalized spacial score (nSPS) is 34.3. The van der Waals surface area contributed by atoms with Crippen molar-refractivity contribution >= 4 is 23.4 Å². The molecular formula is C21H19F3N2O3. The second kappa shape index (κ2) is 5.93. The number of likely N-dealkylation sites (tertiary alicyclic amines) is 1. The first-order chi connectivity index (χ1) is 13.7. The largest absolute Gasteiger partial charge is 0.471 e. The SMILES string of the molecule is Cc1cccc(N(CN2C(=O)[C@H]3[C@@H]4C=C[C@@H]([C@H]5C[C@H]45)[C@@H]3C2=O)C(=O)C(F)(F)F)c1. The molecule has 152 valence electrons. The monoisotopic (exact) mass is 404 g/mol. The molecule has 1 saturated heterocycles. The molecule has 1 aromatic rings. The highest BCUT2D eigenvalue weighted by Gasteiger charge is 2.67. The van der Waals surface area contributed by atoms with Gasteiger partial charge in [-0.3, -0.25) is 24.2 Å². The van der Waals surface area contributed by atoms with Crippen LogP contribution in [0.15, 0.2) is 36.4 Å². The van der Waals surface area contributed by atoms with Crippen LogP contribution in [0.1, 0.15) is 12.0 Å². The van der Waals surface area contributed by atoms with E-state index in [9.17, 15) is 27.6 Å². The van der Waals surface area contributed by atoms with Gasteiger partial charge in [-0.2, -0.15) is 13.2 Å². The second-order valence-corrected chi connectivity index (χ2v) is 8.47. The fraction of sp³-hybridized carbons (Fsp3) is 0.476. The van der Waals surface area contributed by atoms with Crippen LogP contribution >= 0.6 is 0 Å². The van der Waals surface area contributed by atoms with E-state index in [0.717, 1.165) is 11.3 Å². The Kier molecular flexibility index (Phi) is 3.76. The molecule has 0 aromatic heterocycles. The molecule has 0 unspecified atom stereocenters. The molecule has 3 amide bonds. The number of halogens is 3. The predicted molar refractivity (Wildman–Crippen MR) is 96.1 cm³/mol. The van der Waals surface area contributed by atoms with E-state index in [4.69, 9.17) is 0 Å². The Balaban J connectivity index is 1.47. The summed E-state index contributed by atoms with van der Waals surface area (Å²) < 4.78 is 39.8. The Labute approximate surface area is 165 Å². The van der Waals surface area contributed by atoms with Crippen molar-refractivity contribution < 1.29 is 27.6 Å². The molecule has 1 heterocycles. The van der Waals surface area contributed by atoms with Crippen molar-refractivity contribution in [1.29, 1.82) is 0 Å². The van der Waals surface area contributed by atoms with E-state index in [1.807, 2.05) is 12.2 Å². The van der Waals surface area contributed by atoms with Crippen molar-refractivity contribution in [2.75, 3.05) is 11.6 Å². The van der Waals surface area contributed by atoms with Gasteiger partial charge in [0.2, 0.25) is 11.8 Å². The number of imide groups is 1. The Morgan fingerprint density at radius 1 is 1.10 bits per heavy atom. The van der Waals surface area contributed by atoms with Crippen LogP contribution in [0.2, 0.25) is 0 Å². The van der Waals surface area contributed by atoms with Crippen molar-refractivity contribution in [2.45, 2.75) is 19.5 Å². The first kappa shape index (κ1) is 18.4. The smallest absolute Gasteiger partial charge is 0.286 e. The van der Waals surface area contributed by atoms with Crippen LogP contribution in [-0.4, -0.2) is 35.5 Å². The molecule has 1 aromatic carbocycles. The molecule has 29 heavy (non-hydrogen) atoms. The zero-order chi connectivity index (χ0) is 20.7. The average Bonchev–Trinajstić information content (AvgIpc) is 3.44. The van der Waals surface area contributed by atoms with Crippen molar-refractivity contribution in [3.8, 4) is 0 Å². The summed E-state index contributed by atoms with van der Waals surface area (Å²) in [6, 6.07) is 6.03. The topological polar surface area (TPSA) is 57.7 Å². The van der Waals surface area contributed by atoms with E-state index in [0.29, 0.717) is 22.3 Å². The molecule has 8 heteroatoms.